The maximum Gasteiger partial charge on any atom is 0.326 e. The Labute approximate surface area is 400 Å². The van der Waals surface area contributed by atoms with E-state index in [1.54, 1.807) is 43.9 Å². The highest BCUT2D eigenvalue weighted by Gasteiger charge is 2.26. The molecule has 0 aromatic heterocycles. The van der Waals surface area contributed by atoms with Crippen molar-refractivity contribution in [3.05, 3.63) is 68.8 Å². The number of hydrogen-bond donors (Lipinski definition) is 10. The molecule has 1 aliphatic heterocycles. The van der Waals surface area contributed by atoms with Crippen molar-refractivity contribution in [2.24, 2.45) is 0 Å². The molecular weight excluding hydrogens is 995 g/mol. The number of unbranched alkanes of at least 4 members (excludes halogenated alkanes) is 1. The second-order valence-corrected chi connectivity index (χ2v) is 17.3. The van der Waals surface area contributed by atoms with Gasteiger partial charge in [0, 0.05) is 82.0 Å². The van der Waals surface area contributed by atoms with Gasteiger partial charge in [-0.1, -0.05) is 36.4 Å². The molecule has 0 spiro atoms. The van der Waals surface area contributed by atoms with E-state index in [0.29, 0.717) is 31.5 Å². The molecule has 1 heterocycles. The number of amides is 3. The van der Waals surface area contributed by atoms with Crippen LogP contribution in [0.15, 0.2) is 48.5 Å². The van der Waals surface area contributed by atoms with Crippen molar-refractivity contribution in [1.82, 2.24) is 40.4 Å². The fraction of sp³-hybridized carbons (Fsp3) is 0.535. The summed E-state index contributed by atoms with van der Waals surface area (Å²) in [5, 5.41) is 75.2. The highest BCUT2D eigenvalue weighted by Crippen LogP contribution is 2.23. The van der Waals surface area contributed by atoms with Gasteiger partial charge in [0.25, 0.3) is 0 Å². The van der Waals surface area contributed by atoms with Crippen molar-refractivity contribution in [2.45, 2.75) is 63.5 Å². The summed E-state index contributed by atoms with van der Waals surface area (Å²) in [7, 11) is 0. The zero-order valence-corrected chi connectivity index (χ0v) is 39.2. The first kappa shape index (κ1) is 55.8. The van der Waals surface area contributed by atoms with Crippen LogP contribution in [0.4, 0.5) is 4.79 Å². The van der Waals surface area contributed by atoms with Crippen molar-refractivity contribution < 1.29 is 74.1 Å². The maximum absolute atomic E-state index is 13.3. The summed E-state index contributed by atoms with van der Waals surface area (Å²) < 4.78 is 1.01. The number of hydrogen-bond acceptors (Lipinski definition) is 14. The van der Waals surface area contributed by atoms with Crippen LogP contribution in [0.5, 0.6) is 0 Å². The molecule has 1 unspecified atom stereocenters. The van der Waals surface area contributed by atoms with E-state index in [0.717, 1.165) is 14.7 Å². The van der Waals surface area contributed by atoms with Crippen molar-refractivity contribution in [1.29, 1.82) is 0 Å². The Kier molecular flexibility index (Phi) is 24.4. The highest BCUT2D eigenvalue weighted by atomic mass is 127. The van der Waals surface area contributed by atoms with Crippen molar-refractivity contribution in [3.8, 4) is 0 Å². The van der Waals surface area contributed by atoms with E-state index in [4.69, 9.17) is 5.11 Å². The third-order valence-electron chi connectivity index (χ3n) is 10.8. The monoisotopic (exact) mass is 1060 g/mol. The molecule has 0 aliphatic carbocycles. The molecule has 2 aromatic rings. The van der Waals surface area contributed by atoms with Crippen LogP contribution < -0.4 is 16.0 Å². The number of aliphatic hydroxyl groups is 1. The number of carbonyl (C=O) groups is 8. The first-order chi connectivity index (χ1) is 31.8. The summed E-state index contributed by atoms with van der Waals surface area (Å²) in [5.74, 6) is -7.57. The largest absolute Gasteiger partial charge is 0.481 e. The molecule has 1 saturated heterocycles. The van der Waals surface area contributed by atoms with Crippen LogP contribution >= 0.6 is 22.6 Å². The molecule has 3 rings (SSSR count). The Morgan fingerprint density at radius 2 is 1.00 bits per heavy atom. The molecule has 10 N–H and O–H groups in total. The second kappa shape index (κ2) is 29.3. The van der Waals surface area contributed by atoms with Gasteiger partial charge in [0.2, 0.25) is 5.91 Å². The summed E-state index contributed by atoms with van der Waals surface area (Å²) in [5.41, 5.74) is 2.17. The van der Waals surface area contributed by atoms with Gasteiger partial charge >= 0.3 is 41.8 Å². The van der Waals surface area contributed by atoms with E-state index in [1.165, 1.54) is 0 Å². The Morgan fingerprint density at radius 3 is 1.43 bits per heavy atom. The molecule has 1 aliphatic rings. The molecule has 1 fully saturated rings. The van der Waals surface area contributed by atoms with Crippen LogP contribution in [0.2, 0.25) is 0 Å². The smallest absolute Gasteiger partial charge is 0.326 e. The standard InChI is InChI=1S/C43H61IN8O15/c44-32-10-6-30(7-11-32)24-52(14-2-1-3-33(41(63)64)46-43(67)47-34(42(65)66)12-13-36(54)55)40(62)31-8-4-29(5-9-31)23-45-35(53)25-48-15-17-49(26-37(56)57)19-21-51(28-39(60)61)22-20-50(18-16-48)27-38(58)59/h4-11,33-34,40,62H,1-3,12-28H2,(H,45,53)(H,54,55)(H,56,57)(H,58,59)(H,60,61)(H,63,64)(H,65,66)(H2,46,47,67)/t33-,34-,40?/m1/s1. The molecule has 23 nitrogen and oxygen atoms in total. The van der Waals surface area contributed by atoms with Gasteiger partial charge in [-0.2, -0.15) is 0 Å². The molecule has 3 atom stereocenters. The molecule has 0 bridgehead atoms. The van der Waals surface area contributed by atoms with E-state index in [2.05, 4.69) is 38.5 Å². The average Bonchev–Trinajstić information content (AvgIpc) is 3.25. The van der Waals surface area contributed by atoms with Gasteiger partial charge in [0.05, 0.1) is 26.2 Å². The lowest BCUT2D eigenvalue weighted by atomic mass is 10.1. The molecule has 0 saturated carbocycles. The zero-order chi connectivity index (χ0) is 49.5. The summed E-state index contributed by atoms with van der Waals surface area (Å²) in [6, 6.07) is 10.7. The lowest BCUT2D eigenvalue weighted by molar-refractivity contribution is -0.141. The fourth-order valence-electron chi connectivity index (χ4n) is 7.18. The minimum atomic E-state index is -1.54. The minimum absolute atomic E-state index is 0.0252. The number of nitrogens with zero attached hydrogens (tertiary/aromatic N) is 5. The molecule has 24 heteroatoms. The predicted octanol–water partition coefficient (Wildman–Crippen LogP) is 0.117. The first-order valence-corrected chi connectivity index (χ1v) is 22.7. The molecule has 0 radical (unpaired) electrons. The van der Waals surface area contributed by atoms with E-state index < -0.39 is 73.0 Å². The molecule has 2 aromatic carbocycles. The van der Waals surface area contributed by atoms with E-state index in [-0.39, 0.29) is 97.4 Å². The minimum Gasteiger partial charge on any atom is -0.481 e. The number of rotatable bonds is 26. The van der Waals surface area contributed by atoms with Gasteiger partial charge in [-0.3, -0.25) is 48.5 Å². The number of halogens is 1. The number of carboxylic acid groups (broad SMARTS) is 6. The maximum atomic E-state index is 13.3. The van der Waals surface area contributed by atoms with Crippen molar-refractivity contribution in [3.63, 3.8) is 0 Å². The Balaban J connectivity index is 1.63. The third-order valence-corrected chi connectivity index (χ3v) is 11.5. The van der Waals surface area contributed by atoms with Crippen LogP contribution in [-0.4, -0.2) is 205 Å². The van der Waals surface area contributed by atoms with E-state index in [9.17, 15) is 69.0 Å². The summed E-state index contributed by atoms with van der Waals surface area (Å²) in [6.07, 6.45) is -1.36. The summed E-state index contributed by atoms with van der Waals surface area (Å²) in [6.45, 7) is 1.95. The van der Waals surface area contributed by atoms with Gasteiger partial charge in [0.1, 0.15) is 18.3 Å². The number of urea groups is 1. The molecule has 370 valence electrons. The lowest BCUT2D eigenvalue weighted by Crippen LogP contribution is -2.51. The predicted molar refractivity (Wildman–Crippen MR) is 247 cm³/mol. The third kappa shape index (κ3) is 22.7. The normalized spacial score (nSPS) is 16.1. The number of aliphatic hydroxyl groups excluding tert-OH is 1. The van der Waals surface area contributed by atoms with Crippen LogP contribution in [0.25, 0.3) is 0 Å². The quantitative estimate of drug-likeness (QED) is 0.0340. The molecule has 67 heavy (non-hydrogen) atoms. The van der Waals surface area contributed by atoms with Crippen molar-refractivity contribution in [2.75, 3.05) is 85.1 Å². The van der Waals surface area contributed by atoms with Crippen LogP contribution in [0.1, 0.15) is 55.0 Å². The van der Waals surface area contributed by atoms with E-state index >= 15 is 0 Å². The second-order valence-electron chi connectivity index (χ2n) is 16.1. The van der Waals surface area contributed by atoms with Crippen LogP contribution in [0.3, 0.4) is 0 Å². The van der Waals surface area contributed by atoms with Gasteiger partial charge in [0.15, 0.2) is 0 Å². The number of benzene rings is 2. The van der Waals surface area contributed by atoms with Crippen LogP contribution in [0, 0.1) is 3.57 Å². The van der Waals surface area contributed by atoms with Gasteiger partial charge in [-0.25, -0.2) is 14.4 Å². The Hall–Kier alpha value is -5.51. The topological polar surface area (TPSA) is 330 Å². The van der Waals surface area contributed by atoms with Gasteiger partial charge in [-0.05, 0) is 77.1 Å². The zero-order valence-electron chi connectivity index (χ0n) is 37.0. The lowest BCUT2D eigenvalue weighted by Gasteiger charge is -2.32. The number of carboxylic acids is 6. The fourth-order valence-corrected chi connectivity index (χ4v) is 7.54. The Bertz CT molecular complexity index is 1930. The summed E-state index contributed by atoms with van der Waals surface area (Å²) in [4.78, 5) is 103. The average molecular weight is 1060 g/mol. The Morgan fingerprint density at radius 1 is 0.567 bits per heavy atom. The molecule has 3 amide bonds. The highest BCUT2D eigenvalue weighted by molar-refractivity contribution is 14.1. The number of aliphatic carboxylic acids is 6. The molecular formula is C43H61IN8O15. The number of carbonyl (C=O) groups excluding carboxylic acids is 2. The summed E-state index contributed by atoms with van der Waals surface area (Å²) >= 11 is 2.18. The van der Waals surface area contributed by atoms with Crippen LogP contribution in [-0.2, 0) is 46.7 Å². The van der Waals surface area contributed by atoms with E-state index in [1.807, 2.05) is 29.2 Å². The number of nitrogens with one attached hydrogen (secondary N) is 3. The SMILES string of the molecule is O=C(O)CC[C@@H](NC(=O)N[C@H](CCCCN(Cc1ccc(I)cc1)C(O)c1ccc(CNC(=O)CN2CCN(CC(=O)O)CCN(CC(=O)O)CCN(CC(=O)O)CC2)cc1)C(=O)O)C(=O)O. The first-order valence-electron chi connectivity index (χ1n) is 21.6. The van der Waals surface area contributed by atoms with Gasteiger partial charge < -0.3 is 51.7 Å². The van der Waals surface area contributed by atoms with Crippen molar-refractivity contribution >= 4 is 70.3 Å². The van der Waals surface area contributed by atoms with Gasteiger partial charge in [-0.15, -0.1) is 0 Å².